The molecule has 0 aliphatic rings. The highest BCUT2D eigenvalue weighted by atomic mass is 35.5. The van der Waals surface area contributed by atoms with E-state index in [-0.39, 0.29) is 15.6 Å². The van der Waals surface area contributed by atoms with Gasteiger partial charge in [-0.05, 0) is 29.7 Å². The van der Waals surface area contributed by atoms with E-state index in [2.05, 4.69) is 14.9 Å². The molecule has 1 aromatic carbocycles. The first-order valence-corrected chi connectivity index (χ1v) is 6.01. The molecule has 9 heteroatoms. The van der Waals surface area contributed by atoms with Crippen LogP contribution >= 0.6 is 23.1 Å². The average Bonchev–Trinajstić information content (AvgIpc) is 2.82. The van der Waals surface area contributed by atoms with E-state index in [0.717, 1.165) is 6.07 Å². The summed E-state index contributed by atoms with van der Waals surface area (Å²) in [7, 11) is 0. The molecule has 1 aromatic heterocycles. The predicted molar refractivity (Wildman–Crippen MR) is 64.2 cm³/mol. The lowest BCUT2D eigenvalue weighted by atomic mass is 10.3. The maximum atomic E-state index is 13.4. The summed E-state index contributed by atoms with van der Waals surface area (Å²) in [6.07, 6.45) is -2.92. The normalized spacial score (nSPS) is 10.8. The molecule has 0 spiro atoms. The van der Waals surface area contributed by atoms with E-state index in [0.29, 0.717) is 11.5 Å². The smallest absolute Gasteiger partial charge is 0.283 e. The lowest BCUT2D eigenvalue weighted by molar-refractivity contribution is 0.101. The molecule has 1 N–H and O–H groups in total. The van der Waals surface area contributed by atoms with Crippen molar-refractivity contribution in [3.05, 3.63) is 39.6 Å². The quantitative estimate of drug-likeness (QED) is 0.944. The van der Waals surface area contributed by atoms with E-state index in [9.17, 15) is 18.0 Å². The molecule has 0 saturated carbocycles. The van der Waals surface area contributed by atoms with E-state index in [1.54, 1.807) is 0 Å². The molecule has 0 fully saturated rings. The number of benzene rings is 1. The summed E-state index contributed by atoms with van der Waals surface area (Å²) >= 11 is 6.06. The molecular formula is C10H5ClF3N3OS. The standard InChI is InChI=1S/C10H5ClF3N3OS/c11-4-1-2-6(5(12)3-4)15-10(18)8-7(9(13)14)16-17-19-8/h1-3,9H,(H,15,18). The minimum absolute atomic E-state index is 0.156. The third-order valence-corrected chi connectivity index (χ3v) is 3.08. The van der Waals surface area contributed by atoms with Crippen molar-refractivity contribution in [2.24, 2.45) is 0 Å². The van der Waals surface area contributed by atoms with Crippen LogP contribution in [0.3, 0.4) is 0 Å². The number of halogens is 4. The van der Waals surface area contributed by atoms with Gasteiger partial charge in [0.25, 0.3) is 12.3 Å². The fraction of sp³-hybridized carbons (Fsp3) is 0.100. The van der Waals surface area contributed by atoms with Gasteiger partial charge in [0.2, 0.25) is 0 Å². The van der Waals surface area contributed by atoms with Gasteiger partial charge in [0.15, 0.2) is 5.69 Å². The number of rotatable bonds is 3. The number of nitrogens with one attached hydrogen (secondary N) is 1. The van der Waals surface area contributed by atoms with Crippen molar-refractivity contribution in [3.63, 3.8) is 0 Å². The zero-order valence-corrected chi connectivity index (χ0v) is 10.6. The van der Waals surface area contributed by atoms with Gasteiger partial charge in [0.1, 0.15) is 10.7 Å². The lowest BCUT2D eigenvalue weighted by Gasteiger charge is -2.05. The Kier molecular flexibility index (Phi) is 4.01. The number of anilines is 1. The summed E-state index contributed by atoms with van der Waals surface area (Å²) in [6, 6.07) is 3.58. The Labute approximate surface area is 114 Å². The van der Waals surface area contributed by atoms with Gasteiger partial charge in [-0.3, -0.25) is 4.79 Å². The Balaban J connectivity index is 2.23. The summed E-state index contributed by atoms with van der Waals surface area (Å²) in [5, 5.41) is 5.47. The van der Waals surface area contributed by atoms with Crippen LogP contribution < -0.4 is 5.32 Å². The van der Waals surface area contributed by atoms with Crippen LogP contribution in [0.15, 0.2) is 18.2 Å². The van der Waals surface area contributed by atoms with Crippen LogP contribution in [0, 0.1) is 5.82 Å². The van der Waals surface area contributed by atoms with Crippen LogP contribution in [0.2, 0.25) is 5.02 Å². The van der Waals surface area contributed by atoms with Crippen molar-refractivity contribution < 1.29 is 18.0 Å². The molecule has 0 radical (unpaired) electrons. The summed E-state index contributed by atoms with van der Waals surface area (Å²) in [5.74, 6) is -1.66. The van der Waals surface area contributed by atoms with Gasteiger partial charge >= 0.3 is 0 Å². The van der Waals surface area contributed by atoms with Gasteiger partial charge in [0.05, 0.1) is 5.69 Å². The maximum Gasteiger partial charge on any atom is 0.283 e. The monoisotopic (exact) mass is 307 g/mol. The van der Waals surface area contributed by atoms with Gasteiger partial charge in [0, 0.05) is 5.02 Å². The summed E-state index contributed by atoms with van der Waals surface area (Å²) in [5.41, 5.74) is -0.889. The predicted octanol–water partition coefficient (Wildman–Crippen LogP) is 3.52. The van der Waals surface area contributed by atoms with Crippen molar-refractivity contribution in [2.45, 2.75) is 6.43 Å². The number of aromatic nitrogens is 2. The first kappa shape index (κ1) is 13.8. The summed E-state index contributed by atoms with van der Waals surface area (Å²) in [6.45, 7) is 0. The molecule has 1 heterocycles. The molecule has 2 aromatic rings. The molecule has 0 saturated heterocycles. The maximum absolute atomic E-state index is 13.4. The van der Waals surface area contributed by atoms with E-state index in [1.807, 2.05) is 0 Å². The van der Waals surface area contributed by atoms with E-state index in [4.69, 9.17) is 11.6 Å². The molecule has 0 aliphatic carbocycles. The molecule has 0 aliphatic heterocycles. The molecule has 0 unspecified atom stereocenters. The van der Waals surface area contributed by atoms with E-state index in [1.165, 1.54) is 12.1 Å². The van der Waals surface area contributed by atoms with Gasteiger partial charge in [-0.25, -0.2) is 13.2 Å². The highest BCUT2D eigenvalue weighted by Gasteiger charge is 2.23. The molecule has 2 rings (SSSR count). The fourth-order valence-electron chi connectivity index (χ4n) is 1.27. The third-order valence-electron chi connectivity index (χ3n) is 2.11. The van der Waals surface area contributed by atoms with Crippen LogP contribution in [0.5, 0.6) is 0 Å². The van der Waals surface area contributed by atoms with Gasteiger partial charge < -0.3 is 5.32 Å². The second-order valence-electron chi connectivity index (χ2n) is 3.37. The van der Waals surface area contributed by atoms with Crippen molar-refractivity contribution >= 4 is 34.7 Å². The second-order valence-corrected chi connectivity index (χ2v) is 4.56. The van der Waals surface area contributed by atoms with Crippen molar-refractivity contribution in [1.29, 1.82) is 0 Å². The Morgan fingerprint density at radius 1 is 1.42 bits per heavy atom. The minimum Gasteiger partial charge on any atom is -0.319 e. The SMILES string of the molecule is O=C(Nc1ccc(Cl)cc1F)c1snnc1C(F)F. The molecule has 4 nitrogen and oxygen atoms in total. The van der Waals surface area contributed by atoms with Crippen molar-refractivity contribution in [3.8, 4) is 0 Å². The lowest BCUT2D eigenvalue weighted by Crippen LogP contribution is -2.13. The van der Waals surface area contributed by atoms with Gasteiger partial charge in [-0.2, -0.15) is 0 Å². The number of alkyl halides is 2. The number of amides is 1. The number of hydrogen-bond acceptors (Lipinski definition) is 4. The molecule has 0 atom stereocenters. The highest BCUT2D eigenvalue weighted by molar-refractivity contribution is 7.08. The molecular weight excluding hydrogens is 303 g/mol. The second kappa shape index (κ2) is 5.54. The van der Waals surface area contributed by atoms with E-state index >= 15 is 0 Å². The Hall–Kier alpha value is -1.67. The molecule has 0 bridgehead atoms. The zero-order valence-electron chi connectivity index (χ0n) is 9.03. The molecule has 100 valence electrons. The van der Waals surface area contributed by atoms with Gasteiger partial charge in [-0.15, -0.1) is 5.10 Å². The van der Waals surface area contributed by atoms with Crippen LogP contribution in [-0.4, -0.2) is 15.5 Å². The van der Waals surface area contributed by atoms with Crippen LogP contribution in [0.1, 0.15) is 21.8 Å². The third kappa shape index (κ3) is 3.02. The van der Waals surface area contributed by atoms with E-state index < -0.39 is 23.8 Å². The molecule has 19 heavy (non-hydrogen) atoms. The Morgan fingerprint density at radius 3 is 2.79 bits per heavy atom. The number of hydrogen-bond donors (Lipinski definition) is 1. The Morgan fingerprint density at radius 2 is 2.16 bits per heavy atom. The zero-order chi connectivity index (χ0) is 14.0. The topological polar surface area (TPSA) is 54.9 Å². The van der Waals surface area contributed by atoms with Crippen LogP contribution in [-0.2, 0) is 0 Å². The average molecular weight is 308 g/mol. The van der Waals surface area contributed by atoms with Crippen LogP contribution in [0.25, 0.3) is 0 Å². The van der Waals surface area contributed by atoms with Crippen molar-refractivity contribution in [1.82, 2.24) is 9.59 Å². The number of nitrogens with zero attached hydrogens (tertiary/aromatic N) is 2. The first-order chi connectivity index (χ1) is 8.99. The first-order valence-electron chi connectivity index (χ1n) is 4.86. The van der Waals surface area contributed by atoms with Crippen molar-refractivity contribution in [2.75, 3.05) is 5.32 Å². The van der Waals surface area contributed by atoms with Crippen LogP contribution in [0.4, 0.5) is 18.9 Å². The number of carbonyl (C=O) groups excluding carboxylic acids is 1. The minimum atomic E-state index is -2.92. The highest BCUT2D eigenvalue weighted by Crippen LogP contribution is 2.25. The van der Waals surface area contributed by atoms with Gasteiger partial charge in [-0.1, -0.05) is 16.1 Å². The molecule has 1 amide bonds. The Bertz CT molecular complexity index is 620. The summed E-state index contributed by atoms with van der Waals surface area (Å²) in [4.78, 5) is 11.4. The summed E-state index contributed by atoms with van der Waals surface area (Å²) < 4.78 is 41.8. The number of carbonyl (C=O) groups is 1. The fourth-order valence-corrected chi connectivity index (χ4v) is 1.99. The largest absolute Gasteiger partial charge is 0.319 e.